The summed E-state index contributed by atoms with van der Waals surface area (Å²) in [6.07, 6.45) is 2.47. The fourth-order valence-corrected chi connectivity index (χ4v) is 1.92. The maximum Gasteiger partial charge on any atom is 0.126 e. The third-order valence-corrected chi connectivity index (χ3v) is 3.00. The van der Waals surface area contributed by atoms with Crippen LogP contribution in [0, 0.1) is 12.7 Å². The van der Waals surface area contributed by atoms with Crippen LogP contribution in [0.4, 0.5) is 15.9 Å². The number of rotatable bonds is 4. The Kier molecular flexibility index (Phi) is 4.00. The molecular formula is C15H18FN3. The summed E-state index contributed by atoms with van der Waals surface area (Å²) >= 11 is 0. The number of halogens is 1. The number of nitrogens with zero attached hydrogens (tertiary/aromatic N) is 1. The average Bonchev–Trinajstić information content (AvgIpc) is 2.37. The summed E-state index contributed by atoms with van der Waals surface area (Å²) in [5.74, 6) is 0.599. The Hall–Kier alpha value is -2.10. The zero-order valence-corrected chi connectivity index (χ0v) is 11.2. The molecule has 1 unspecified atom stereocenters. The third kappa shape index (κ3) is 3.68. The van der Waals surface area contributed by atoms with Gasteiger partial charge in [0.25, 0.3) is 0 Å². The van der Waals surface area contributed by atoms with E-state index in [1.807, 2.05) is 13.0 Å². The zero-order chi connectivity index (χ0) is 13.8. The first kappa shape index (κ1) is 13.3. The quantitative estimate of drug-likeness (QED) is 0.886. The normalized spacial score (nSPS) is 12.2. The smallest absolute Gasteiger partial charge is 0.126 e. The first-order valence-corrected chi connectivity index (χ1v) is 6.27. The van der Waals surface area contributed by atoms with Gasteiger partial charge in [-0.05, 0) is 49.6 Å². The van der Waals surface area contributed by atoms with E-state index in [0.717, 1.165) is 23.4 Å². The van der Waals surface area contributed by atoms with Gasteiger partial charge in [0.2, 0.25) is 0 Å². The lowest BCUT2D eigenvalue weighted by Gasteiger charge is -2.15. The molecule has 1 heterocycles. The summed E-state index contributed by atoms with van der Waals surface area (Å²) < 4.78 is 12.8. The number of nitrogen functional groups attached to an aromatic ring is 1. The highest BCUT2D eigenvalue weighted by Gasteiger charge is 2.05. The van der Waals surface area contributed by atoms with Gasteiger partial charge in [-0.2, -0.15) is 0 Å². The number of anilines is 2. The van der Waals surface area contributed by atoms with Crippen LogP contribution in [0.5, 0.6) is 0 Å². The molecule has 1 atom stereocenters. The maximum atomic E-state index is 12.8. The minimum Gasteiger partial charge on any atom is -0.397 e. The second kappa shape index (κ2) is 5.69. The van der Waals surface area contributed by atoms with Gasteiger partial charge in [0.1, 0.15) is 11.6 Å². The van der Waals surface area contributed by atoms with E-state index in [9.17, 15) is 4.39 Å². The largest absolute Gasteiger partial charge is 0.397 e. The van der Waals surface area contributed by atoms with E-state index in [2.05, 4.69) is 17.2 Å². The van der Waals surface area contributed by atoms with Crippen molar-refractivity contribution in [2.45, 2.75) is 26.3 Å². The molecule has 0 radical (unpaired) electrons. The molecule has 1 aromatic carbocycles. The first-order valence-electron chi connectivity index (χ1n) is 6.27. The number of benzene rings is 1. The summed E-state index contributed by atoms with van der Waals surface area (Å²) in [5.41, 5.74) is 8.52. The van der Waals surface area contributed by atoms with Gasteiger partial charge < -0.3 is 11.1 Å². The zero-order valence-electron chi connectivity index (χ0n) is 11.2. The highest BCUT2D eigenvalue weighted by atomic mass is 19.1. The van der Waals surface area contributed by atoms with Gasteiger partial charge >= 0.3 is 0 Å². The van der Waals surface area contributed by atoms with Gasteiger partial charge in [-0.15, -0.1) is 0 Å². The van der Waals surface area contributed by atoms with Crippen LogP contribution in [0.15, 0.2) is 36.5 Å². The Bertz CT molecular complexity index is 552. The Morgan fingerprint density at radius 1 is 1.32 bits per heavy atom. The third-order valence-electron chi connectivity index (χ3n) is 3.00. The van der Waals surface area contributed by atoms with E-state index in [1.165, 1.54) is 12.1 Å². The molecule has 2 aromatic rings. The standard InChI is InChI=1S/C15H18FN3/c1-10-7-15(18-9-14(10)17)19-11(2)8-12-3-5-13(16)6-4-12/h3-7,9,11H,8,17H2,1-2H3,(H,18,19). The molecule has 0 spiro atoms. The van der Waals surface area contributed by atoms with E-state index < -0.39 is 0 Å². The molecule has 3 N–H and O–H groups in total. The molecule has 100 valence electrons. The van der Waals surface area contributed by atoms with Crippen molar-refractivity contribution in [3.63, 3.8) is 0 Å². The van der Waals surface area contributed by atoms with E-state index in [4.69, 9.17) is 5.73 Å². The number of aromatic nitrogens is 1. The number of nitrogens with one attached hydrogen (secondary N) is 1. The highest BCUT2D eigenvalue weighted by molar-refractivity contribution is 5.51. The van der Waals surface area contributed by atoms with Gasteiger partial charge in [-0.25, -0.2) is 9.37 Å². The molecule has 2 rings (SSSR count). The molecule has 0 aliphatic rings. The first-order chi connectivity index (χ1) is 9.04. The number of aryl methyl sites for hydroxylation is 1. The van der Waals surface area contributed by atoms with Crippen molar-refractivity contribution in [1.29, 1.82) is 0 Å². The molecule has 3 nitrogen and oxygen atoms in total. The Morgan fingerprint density at radius 3 is 2.63 bits per heavy atom. The lowest BCUT2D eigenvalue weighted by Crippen LogP contribution is -2.19. The minimum atomic E-state index is -0.208. The minimum absolute atomic E-state index is 0.208. The van der Waals surface area contributed by atoms with E-state index >= 15 is 0 Å². The summed E-state index contributed by atoms with van der Waals surface area (Å²) in [7, 11) is 0. The molecule has 0 aliphatic heterocycles. The summed E-state index contributed by atoms with van der Waals surface area (Å²) in [4.78, 5) is 4.24. The second-order valence-corrected chi connectivity index (χ2v) is 4.80. The molecule has 1 aromatic heterocycles. The van der Waals surface area contributed by atoms with Gasteiger partial charge in [-0.1, -0.05) is 12.1 Å². The summed E-state index contributed by atoms with van der Waals surface area (Å²) in [6, 6.07) is 8.70. The van der Waals surface area contributed by atoms with Crippen LogP contribution in [0.2, 0.25) is 0 Å². The molecule has 0 fully saturated rings. The van der Waals surface area contributed by atoms with Crippen molar-refractivity contribution in [1.82, 2.24) is 4.98 Å². The van der Waals surface area contributed by atoms with Crippen LogP contribution in [-0.2, 0) is 6.42 Å². The highest BCUT2D eigenvalue weighted by Crippen LogP contribution is 2.15. The van der Waals surface area contributed by atoms with Crippen LogP contribution in [0.25, 0.3) is 0 Å². The fraction of sp³-hybridized carbons (Fsp3) is 0.267. The average molecular weight is 259 g/mol. The van der Waals surface area contributed by atoms with Crippen LogP contribution in [0.1, 0.15) is 18.1 Å². The number of nitrogens with two attached hydrogens (primary N) is 1. The molecule has 19 heavy (non-hydrogen) atoms. The Morgan fingerprint density at radius 2 is 2.00 bits per heavy atom. The predicted molar refractivity (Wildman–Crippen MR) is 76.6 cm³/mol. The van der Waals surface area contributed by atoms with E-state index in [0.29, 0.717) is 5.69 Å². The molecular weight excluding hydrogens is 241 g/mol. The predicted octanol–water partition coefficient (Wildman–Crippen LogP) is 3.15. The van der Waals surface area contributed by atoms with Crippen LogP contribution >= 0.6 is 0 Å². The molecule has 0 saturated carbocycles. The van der Waals surface area contributed by atoms with Crippen molar-refractivity contribution in [2.24, 2.45) is 0 Å². The molecule has 0 amide bonds. The van der Waals surface area contributed by atoms with Gasteiger partial charge in [-0.3, -0.25) is 0 Å². The van der Waals surface area contributed by atoms with E-state index in [1.54, 1.807) is 18.3 Å². The SMILES string of the molecule is Cc1cc(NC(C)Cc2ccc(F)cc2)ncc1N. The van der Waals surface area contributed by atoms with Crippen molar-refractivity contribution >= 4 is 11.5 Å². The number of hydrogen-bond acceptors (Lipinski definition) is 3. The monoisotopic (exact) mass is 259 g/mol. The van der Waals surface area contributed by atoms with Crippen molar-refractivity contribution in [3.05, 3.63) is 53.5 Å². The van der Waals surface area contributed by atoms with Gasteiger partial charge in [0.05, 0.1) is 11.9 Å². The Balaban J connectivity index is 1.98. The molecule has 4 heteroatoms. The van der Waals surface area contributed by atoms with Gasteiger partial charge in [0.15, 0.2) is 0 Å². The van der Waals surface area contributed by atoms with Crippen molar-refractivity contribution in [3.8, 4) is 0 Å². The summed E-state index contributed by atoms with van der Waals surface area (Å²) in [6.45, 7) is 4.02. The molecule has 0 aliphatic carbocycles. The Labute approximate surface area is 112 Å². The molecule has 0 saturated heterocycles. The number of pyridine rings is 1. The second-order valence-electron chi connectivity index (χ2n) is 4.80. The maximum absolute atomic E-state index is 12.8. The summed E-state index contributed by atoms with van der Waals surface area (Å²) in [5, 5.41) is 3.31. The topological polar surface area (TPSA) is 50.9 Å². The molecule has 0 bridgehead atoms. The number of hydrogen-bond donors (Lipinski definition) is 2. The fourth-order valence-electron chi connectivity index (χ4n) is 1.92. The van der Waals surface area contributed by atoms with Crippen LogP contribution in [0.3, 0.4) is 0 Å². The van der Waals surface area contributed by atoms with E-state index in [-0.39, 0.29) is 11.9 Å². The van der Waals surface area contributed by atoms with Crippen LogP contribution < -0.4 is 11.1 Å². The van der Waals surface area contributed by atoms with Gasteiger partial charge in [0, 0.05) is 6.04 Å². The lowest BCUT2D eigenvalue weighted by molar-refractivity contribution is 0.626. The van der Waals surface area contributed by atoms with Crippen molar-refractivity contribution < 1.29 is 4.39 Å². The van der Waals surface area contributed by atoms with Crippen molar-refractivity contribution in [2.75, 3.05) is 11.1 Å². The van der Waals surface area contributed by atoms with Crippen LogP contribution in [-0.4, -0.2) is 11.0 Å². The lowest BCUT2D eigenvalue weighted by atomic mass is 10.1.